The third kappa shape index (κ3) is 6.51. The van der Waals surface area contributed by atoms with Gasteiger partial charge in [0.2, 0.25) is 0 Å². The Hall–Kier alpha value is -0.640. The maximum Gasteiger partial charge on any atom is 1.00 e. The molecule has 0 spiro atoms. The van der Waals surface area contributed by atoms with Crippen molar-refractivity contribution in [2.75, 3.05) is 0 Å². The topological polar surface area (TPSA) is 41.6 Å². The monoisotopic (exact) mass is 183 g/mol. The Kier molecular flexibility index (Phi) is 7.59. The van der Waals surface area contributed by atoms with Gasteiger partial charge in [0.25, 0.3) is 0 Å². The Morgan fingerprint density at radius 2 is 1.69 bits per heavy atom. The number of nitrogens with zero attached hydrogens (tertiary/aromatic N) is 2. The van der Waals surface area contributed by atoms with E-state index < -0.39 is 0 Å². The zero-order valence-corrected chi connectivity index (χ0v) is 9.86. The van der Waals surface area contributed by atoms with Gasteiger partial charge in [-0.25, -0.2) is 0 Å². The fourth-order valence-electron chi connectivity index (χ4n) is 0.637. The maximum atomic E-state index is 3.49. The summed E-state index contributed by atoms with van der Waals surface area (Å²) in [6.45, 7) is 2.06. The first-order valence-corrected chi connectivity index (χ1v) is 3.62. The quantitative estimate of drug-likeness (QED) is 0.403. The number of aryl methyl sites for hydroxylation is 1. The van der Waals surface area contributed by atoms with Crippen LogP contribution in [-0.4, -0.2) is 15.4 Å². The second kappa shape index (κ2) is 7.98. The van der Waals surface area contributed by atoms with E-state index in [-0.39, 0.29) is 29.6 Å². The number of aromatic amines is 1. The van der Waals surface area contributed by atoms with E-state index in [0.29, 0.717) is 0 Å². The minimum absolute atomic E-state index is 0. The van der Waals surface area contributed by atoms with Gasteiger partial charge in [-0.15, -0.1) is 0 Å². The second-order valence-corrected chi connectivity index (χ2v) is 2.23. The van der Waals surface area contributed by atoms with Crippen molar-refractivity contribution >= 4 is 0 Å². The average Bonchev–Trinajstić information content (AvgIpc) is 2.62. The molecule has 62 valence electrons. The van der Waals surface area contributed by atoms with Crippen LogP contribution in [0, 0.1) is 13.0 Å². The van der Waals surface area contributed by atoms with Crippen molar-refractivity contribution in [1.82, 2.24) is 15.4 Å². The van der Waals surface area contributed by atoms with E-state index in [1.165, 1.54) is 5.56 Å². The molecule has 1 aromatic heterocycles. The number of rotatable bonds is 0. The molecular formula is C9H10N3Na. The SMILES string of the molecule is Cc1cc[c-]cc1.[Na+].c1cn[nH]n1. The number of hydrogen-bond donors (Lipinski definition) is 1. The summed E-state index contributed by atoms with van der Waals surface area (Å²) in [5.74, 6) is 0. The number of H-pyrrole nitrogens is 1. The van der Waals surface area contributed by atoms with Crippen molar-refractivity contribution in [2.45, 2.75) is 6.92 Å². The number of benzene rings is 1. The smallest absolute Gasteiger partial charge is 0.198 e. The van der Waals surface area contributed by atoms with Gasteiger partial charge in [-0.2, -0.15) is 51.3 Å². The molecule has 0 aliphatic carbocycles. The summed E-state index contributed by atoms with van der Waals surface area (Å²) in [7, 11) is 0. The van der Waals surface area contributed by atoms with Crippen LogP contribution in [0.4, 0.5) is 0 Å². The summed E-state index contributed by atoms with van der Waals surface area (Å²) < 4.78 is 0. The fraction of sp³-hybridized carbons (Fsp3) is 0.111. The van der Waals surface area contributed by atoms with Crippen LogP contribution >= 0.6 is 0 Å². The molecule has 2 aromatic rings. The molecule has 13 heavy (non-hydrogen) atoms. The van der Waals surface area contributed by atoms with Crippen molar-refractivity contribution in [3.05, 3.63) is 48.3 Å². The Labute approximate surface area is 99.9 Å². The third-order valence-corrected chi connectivity index (χ3v) is 1.22. The zero-order valence-electron chi connectivity index (χ0n) is 7.86. The van der Waals surface area contributed by atoms with Crippen LogP contribution in [0.2, 0.25) is 0 Å². The second-order valence-electron chi connectivity index (χ2n) is 2.23. The Balaban J connectivity index is 0.000000215. The number of aromatic nitrogens is 3. The zero-order chi connectivity index (χ0) is 8.65. The third-order valence-electron chi connectivity index (χ3n) is 1.22. The normalized spacial score (nSPS) is 7.77. The van der Waals surface area contributed by atoms with Gasteiger partial charge in [-0.3, -0.25) is 0 Å². The predicted molar refractivity (Wildman–Crippen MR) is 46.4 cm³/mol. The van der Waals surface area contributed by atoms with Crippen molar-refractivity contribution in [3.63, 3.8) is 0 Å². The molecule has 0 bridgehead atoms. The summed E-state index contributed by atoms with van der Waals surface area (Å²) >= 11 is 0. The van der Waals surface area contributed by atoms with Crippen molar-refractivity contribution < 1.29 is 29.6 Å². The fourth-order valence-corrected chi connectivity index (χ4v) is 0.637. The van der Waals surface area contributed by atoms with Gasteiger partial charge in [0.05, 0.1) is 12.4 Å². The molecule has 1 heterocycles. The van der Waals surface area contributed by atoms with Crippen LogP contribution in [0.25, 0.3) is 0 Å². The summed E-state index contributed by atoms with van der Waals surface area (Å²) in [5.41, 5.74) is 1.29. The van der Waals surface area contributed by atoms with Crippen LogP contribution < -0.4 is 29.6 Å². The molecule has 1 N–H and O–H groups in total. The molecule has 0 saturated heterocycles. The van der Waals surface area contributed by atoms with Crippen LogP contribution in [0.3, 0.4) is 0 Å². The summed E-state index contributed by atoms with van der Waals surface area (Å²) in [6, 6.07) is 10.8. The molecule has 0 atom stereocenters. The predicted octanol–water partition coefficient (Wildman–Crippen LogP) is -1.40. The summed E-state index contributed by atoms with van der Waals surface area (Å²) in [6.07, 6.45) is 3.17. The number of hydrogen-bond acceptors (Lipinski definition) is 2. The van der Waals surface area contributed by atoms with E-state index in [2.05, 4.69) is 28.4 Å². The molecular weight excluding hydrogens is 173 g/mol. The maximum absolute atomic E-state index is 3.49. The molecule has 0 radical (unpaired) electrons. The van der Waals surface area contributed by atoms with Gasteiger partial charge < -0.3 is 0 Å². The molecule has 0 fully saturated rings. The summed E-state index contributed by atoms with van der Waals surface area (Å²) in [5, 5.41) is 9.33. The van der Waals surface area contributed by atoms with E-state index in [1.807, 2.05) is 24.3 Å². The van der Waals surface area contributed by atoms with E-state index in [4.69, 9.17) is 0 Å². The Morgan fingerprint density at radius 3 is 1.92 bits per heavy atom. The molecule has 0 aliphatic rings. The van der Waals surface area contributed by atoms with E-state index in [0.717, 1.165) is 0 Å². The molecule has 4 heteroatoms. The molecule has 2 rings (SSSR count). The molecule has 0 amide bonds. The van der Waals surface area contributed by atoms with Gasteiger partial charge >= 0.3 is 29.6 Å². The largest absolute Gasteiger partial charge is 1.00 e. The number of nitrogens with one attached hydrogen (secondary N) is 1. The van der Waals surface area contributed by atoms with Crippen LogP contribution in [0.15, 0.2) is 36.7 Å². The average molecular weight is 183 g/mol. The molecule has 0 saturated carbocycles. The van der Waals surface area contributed by atoms with Crippen LogP contribution in [-0.2, 0) is 0 Å². The molecule has 1 aromatic carbocycles. The van der Waals surface area contributed by atoms with Crippen LogP contribution in [0.5, 0.6) is 0 Å². The minimum Gasteiger partial charge on any atom is -0.198 e. The van der Waals surface area contributed by atoms with E-state index in [1.54, 1.807) is 12.4 Å². The molecule has 0 unspecified atom stereocenters. The van der Waals surface area contributed by atoms with E-state index >= 15 is 0 Å². The summed E-state index contributed by atoms with van der Waals surface area (Å²) in [4.78, 5) is 0. The van der Waals surface area contributed by atoms with Crippen molar-refractivity contribution in [2.24, 2.45) is 0 Å². The van der Waals surface area contributed by atoms with Crippen molar-refractivity contribution in [3.8, 4) is 0 Å². The minimum atomic E-state index is 0. The first kappa shape index (κ1) is 12.4. The van der Waals surface area contributed by atoms with Gasteiger partial charge in [-0.05, 0) is 0 Å². The van der Waals surface area contributed by atoms with Crippen molar-refractivity contribution in [1.29, 1.82) is 0 Å². The Morgan fingerprint density at radius 1 is 1.15 bits per heavy atom. The van der Waals surface area contributed by atoms with Crippen LogP contribution in [0.1, 0.15) is 5.56 Å². The van der Waals surface area contributed by atoms with Gasteiger partial charge in [0.15, 0.2) is 0 Å². The molecule has 3 nitrogen and oxygen atoms in total. The first-order valence-electron chi connectivity index (χ1n) is 3.62. The molecule has 0 aliphatic heterocycles. The van der Waals surface area contributed by atoms with E-state index in [9.17, 15) is 0 Å². The van der Waals surface area contributed by atoms with Gasteiger partial charge in [-0.1, -0.05) is 6.92 Å². The first-order chi connectivity index (χ1) is 5.89. The van der Waals surface area contributed by atoms with Gasteiger partial charge in [0, 0.05) is 0 Å². The standard InChI is InChI=1S/C7H7.C2H3N3.Na/c1-7-5-3-2-4-6-7;1-2-4-5-3-1;/h3-6H,1H3;1-2H,(H,3,4,5);/q-1;;+1. The van der Waals surface area contributed by atoms with Gasteiger partial charge in [0.1, 0.15) is 0 Å². The Bertz CT molecular complexity index is 264.